The number of aromatic nitrogens is 3. The number of thiophene rings is 1. The molecule has 0 spiro atoms. The number of rotatable bonds is 4. The highest BCUT2D eigenvalue weighted by Gasteiger charge is 2.19. The number of hydrogen-bond acceptors (Lipinski definition) is 7. The molecule has 30 heavy (non-hydrogen) atoms. The molecule has 0 aliphatic heterocycles. The van der Waals surface area contributed by atoms with Crippen LogP contribution in [0.4, 0.5) is 10.8 Å². The number of fused-ring (bicyclic) bond motifs is 1. The van der Waals surface area contributed by atoms with Gasteiger partial charge in [0.1, 0.15) is 9.71 Å². The monoisotopic (exact) mass is 429 g/mol. The molecular formula is C22H15N5OS2. The van der Waals surface area contributed by atoms with E-state index < -0.39 is 0 Å². The molecule has 6 nitrogen and oxygen atoms in total. The minimum Gasteiger partial charge on any atom is -0.397 e. The first-order chi connectivity index (χ1) is 14.7. The summed E-state index contributed by atoms with van der Waals surface area (Å²) in [5.41, 5.74) is 10.3. The molecule has 0 aliphatic rings. The third kappa shape index (κ3) is 3.42. The Morgan fingerprint density at radius 2 is 1.67 bits per heavy atom. The SMILES string of the molecule is Nc1c(C(=O)Nc2nc(-c3ccncc3)cs2)sc2nc(-c3ccccc3)ccc12. The molecule has 8 heteroatoms. The number of thiazole rings is 1. The summed E-state index contributed by atoms with van der Waals surface area (Å²) in [6.07, 6.45) is 3.42. The summed E-state index contributed by atoms with van der Waals surface area (Å²) in [6, 6.07) is 17.5. The van der Waals surface area contributed by atoms with E-state index in [1.165, 1.54) is 22.7 Å². The lowest BCUT2D eigenvalue weighted by Gasteiger charge is -2.01. The van der Waals surface area contributed by atoms with Crippen molar-refractivity contribution >= 4 is 49.6 Å². The number of nitrogens with two attached hydrogens (primary N) is 1. The highest BCUT2D eigenvalue weighted by atomic mass is 32.1. The van der Waals surface area contributed by atoms with Crippen molar-refractivity contribution in [3.05, 3.63) is 77.2 Å². The largest absolute Gasteiger partial charge is 0.397 e. The van der Waals surface area contributed by atoms with Gasteiger partial charge in [-0.1, -0.05) is 30.3 Å². The van der Waals surface area contributed by atoms with E-state index in [0.29, 0.717) is 15.7 Å². The van der Waals surface area contributed by atoms with Gasteiger partial charge in [0.25, 0.3) is 5.91 Å². The first-order valence-corrected chi connectivity index (χ1v) is 10.8. The topological polar surface area (TPSA) is 93.8 Å². The molecule has 0 unspecified atom stereocenters. The Morgan fingerprint density at radius 3 is 2.47 bits per heavy atom. The fourth-order valence-electron chi connectivity index (χ4n) is 3.08. The van der Waals surface area contributed by atoms with Crippen molar-refractivity contribution in [2.45, 2.75) is 0 Å². The van der Waals surface area contributed by atoms with Crippen LogP contribution in [0, 0.1) is 0 Å². The smallest absolute Gasteiger partial charge is 0.269 e. The molecule has 0 saturated heterocycles. The van der Waals surface area contributed by atoms with Crippen LogP contribution >= 0.6 is 22.7 Å². The van der Waals surface area contributed by atoms with Crippen molar-refractivity contribution in [1.29, 1.82) is 0 Å². The zero-order chi connectivity index (χ0) is 20.5. The number of benzene rings is 1. The zero-order valence-electron chi connectivity index (χ0n) is 15.6. The second-order valence-electron chi connectivity index (χ2n) is 6.49. The Labute approximate surface area is 180 Å². The normalized spacial score (nSPS) is 10.9. The molecule has 4 heterocycles. The molecule has 0 atom stereocenters. The van der Waals surface area contributed by atoms with Crippen LogP contribution in [0.25, 0.3) is 32.7 Å². The lowest BCUT2D eigenvalue weighted by Crippen LogP contribution is -2.11. The van der Waals surface area contributed by atoms with Gasteiger partial charge in [0.15, 0.2) is 5.13 Å². The number of nitrogen functional groups attached to an aromatic ring is 1. The Balaban J connectivity index is 1.42. The van der Waals surface area contributed by atoms with E-state index in [9.17, 15) is 4.79 Å². The molecule has 1 amide bonds. The molecule has 0 fully saturated rings. The van der Waals surface area contributed by atoms with Crippen molar-refractivity contribution in [2.24, 2.45) is 0 Å². The van der Waals surface area contributed by atoms with Crippen LogP contribution in [0.3, 0.4) is 0 Å². The molecule has 0 radical (unpaired) electrons. The number of carbonyl (C=O) groups is 1. The fraction of sp³-hybridized carbons (Fsp3) is 0. The Hall–Kier alpha value is -3.62. The average Bonchev–Trinajstić information content (AvgIpc) is 3.39. The Kier molecular flexibility index (Phi) is 4.70. The fourth-order valence-corrected chi connectivity index (χ4v) is 4.78. The number of carbonyl (C=O) groups excluding carboxylic acids is 1. The third-order valence-corrected chi connectivity index (χ3v) is 6.44. The second-order valence-corrected chi connectivity index (χ2v) is 8.35. The maximum atomic E-state index is 12.9. The molecule has 0 bridgehead atoms. The molecule has 0 aliphatic carbocycles. The number of nitrogens with zero attached hydrogens (tertiary/aromatic N) is 3. The summed E-state index contributed by atoms with van der Waals surface area (Å²) in [6.45, 7) is 0. The van der Waals surface area contributed by atoms with Crippen LogP contribution in [0.5, 0.6) is 0 Å². The van der Waals surface area contributed by atoms with E-state index in [4.69, 9.17) is 10.7 Å². The van der Waals surface area contributed by atoms with Crippen molar-refractivity contribution in [1.82, 2.24) is 15.0 Å². The molecule has 3 N–H and O–H groups in total. The van der Waals surface area contributed by atoms with Crippen LogP contribution in [0.2, 0.25) is 0 Å². The van der Waals surface area contributed by atoms with Gasteiger partial charge in [-0.2, -0.15) is 0 Å². The van der Waals surface area contributed by atoms with E-state index >= 15 is 0 Å². The predicted octanol–water partition coefficient (Wildman–Crippen LogP) is 5.32. The van der Waals surface area contributed by atoms with Gasteiger partial charge in [0.2, 0.25) is 0 Å². The van der Waals surface area contributed by atoms with Gasteiger partial charge >= 0.3 is 0 Å². The van der Waals surface area contributed by atoms with Gasteiger partial charge in [-0.3, -0.25) is 15.1 Å². The van der Waals surface area contributed by atoms with Crippen LogP contribution in [-0.2, 0) is 0 Å². The van der Waals surface area contributed by atoms with Gasteiger partial charge in [0.05, 0.1) is 17.1 Å². The number of pyridine rings is 2. The molecule has 5 rings (SSSR count). The first-order valence-electron chi connectivity index (χ1n) is 9.11. The van der Waals surface area contributed by atoms with Gasteiger partial charge < -0.3 is 5.73 Å². The average molecular weight is 430 g/mol. The summed E-state index contributed by atoms with van der Waals surface area (Å²) < 4.78 is 0. The lowest BCUT2D eigenvalue weighted by molar-refractivity contribution is 0.103. The number of anilines is 2. The van der Waals surface area contributed by atoms with Crippen LogP contribution < -0.4 is 11.1 Å². The van der Waals surface area contributed by atoms with Crippen LogP contribution in [0.1, 0.15) is 9.67 Å². The number of hydrogen-bond donors (Lipinski definition) is 2. The minimum atomic E-state index is -0.285. The van der Waals surface area contributed by atoms with E-state index in [2.05, 4.69) is 15.3 Å². The predicted molar refractivity (Wildman–Crippen MR) is 123 cm³/mol. The molecule has 0 saturated carbocycles. The van der Waals surface area contributed by atoms with Gasteiger partial charge in [-0.25, -0.2) is 9.97 Å². The van der Waals surface area contributed by atoms with Crippen molar-refractivity contribution < 1.29 is 4.79 Å². The van der Waals surface area contributed by atoms with Crippen molar-refractivity contribution in [3.63, 3.8) is 0 Å². The lowest BCUT2D eigenvalue weighted by atomic mass is 10.1. The van der Waals surface area contributed by atoms with E-state index in [1.54, 1.807) is 12.4 Å². The van der Waals surface area contributed by atoms with Crippen LogP contribution in [-0.4, -0.2) is 20.9 Å². The zero-order valence-corrected chi connectivity index (χ0v) is 17.2. The molecular weight excluding hydrogens is 414 g/mol. The number of nitrogens with one attached hydrogen (secondary N) is 1. The second kappa shape index (κ2) is 7.66. The molecule has 4 aromatic heterocycles. The van der Waals surface area contributed by atoms with Crippen molar-refractivity contribution in [3.8, 4) is 22.5 Å². The van der Waals surface area contributed by atoms with Gasteiger partial charge in [0, 0.05) is 34.3 Å². The van der Waals surface area contributed by atoms with Crippen LogP contribution in [0.15, 0.2) is 72.4 Å². The molecule has 146 valence electrons. The summed E-state index contributed by atoms with van der Waals surface area (Å²) in [5.74, 6) is -0.285. The highest BCUT2D eigenvalue weighted by Crippen LogP contribution is 2.35. The summed E-state index contributed by atoms with van der Waals surface area (Å²) in [5, 5.41) is 6.04. The van der Waals surface area contributed by atoms with E-state index in [1.807, 2.05) is 60.0 Å². The van der Waals surface area contributed by atoms with E-state index in [-0.39, 0.29) is 5.91 Å². The standard InChI is InChI=1S/C22H15N5OS2/c23-18-15-6-7-16(13-4-2-1-3-5-13)25-21(15)30-19(18)20(28)27-22-26-17(12-29-22)14-8-10-24-11-9-14/h1-12H,23H2,(H,26,27,28). The van der Waals surface area contributed by atoms with Gasteiger partial charge in [-0.15, -0.1) is 22.7 Å². The summed E-state index contributed by atoms with van der Waals surface area (Å²) in [7, 11) is 0. The maximum absolute atomic E-state index is 12.9. The number of amides is 1. The highest BCUT2D eigenvalue weighted by molar-refractivity contribution is 7.21. The molecule has 5 aromatic rings. The quantitative estimate of drug-likeness (QED) is 0.403. The molecule has 1 aromatic carbocycles. The summed E-state index contributed by atoms with van der Waals surface area (Å²) in [4.78, 5) is 27.2. The maximum Gasteiger partial charge on any atom is 0.269 e. The Bertz CT molecular complexity index is 1350. The van der Waals surface area contributed by atoms with Crippen molar-refractivity contribution in [2.75, 3.05) is 11.1 Å². The van der Waals surface area contributed by atoms with Gasteiger partial charge in [-0.05, 0) is 24.3 Å². The minimum absolute atomic E-state index is 0.285. The first kappa shape index (κ1) is 18.4. The Morgan fingerprint density at radius 1 is 0.900 bits per heavy atom. The third-order valence-electron chi connectivity index (χ3n) is 4.57. The van der Waals surface area contributed by atoms with E-state index in [0.717, 1.165) is 32.7 Å². The summed E-state index contributed by atoms with van der Waals surface area (Å²) >= 11 is 2.65.